The molecule has 0 aromatic carbocycles. The summed E-state index contributed by atoms with van der Waals surface area (Å²) in [5.41, 5.74) is 2.33. The van der Waals surface area contributed by atoms with E-state index in [0.717, 1.165) is 11.8 Å². The van der Waals surface area contributed by atoms with Crippen molar-refractivity contribution in [1.82, 2.24) is 0 Å². The molecule has 6 atom stereocenters. The number of fused-ring (bicyclic) bond motifs is 5. The smallest absolute Gasteiger partial charge is 0.127 e. The number of allylic oxidation sites excluding steroid dienone is 4. The second-order valence-corrected chi connectivity index (χ2v) is 8.57. The van der Waals surface area contributed by atoms with Crippen molar-refractivity contribution < 1.29 is 4.79 Å². The van der Waals surface area contributed by atoms with Crippen LogP contribution in [-0.2, 0) is 4.79 Å². The minimum absolute atomic E-state index is 0.170. The molecule has 114 valence electrons. The average Bonchev–Trinajstić information content (AvgIpc) is 2.87. The van der Waals surface area contributed by atoms with Crippen molar-refractivity contribution in [2.45, 2.75) is 58.8 Å². The summed E-state index contributed by atoms with van der Waals surface area (Å²) in [5.74, 6) is 2.30. The minimum atomic E-state index is 0.170. The van der Waals surface area contributed by atoms with Crippen LogP contribution >= 0.6 is 0 Å². The first-order valence-electron chi connectivity index (χ1n) is 8.93. The van der Waals surface area contributed by atoms with E-state index in [1.165, 1.54) is 56.8 Å². The summed E-state index contributed by atoms with van der Waals surface area (Å²) in [7, 11) is 0. The quantitative estimate of drug-likeness (QED) is 0.624. The van der Waals surface area contributed by atoms with E-state index in [0.29, 0.717) is 16.7 Å². The van der Waals surface area contributed by atoms with Gasteiger partial charge in [0.05, 0.1) is 0 Å². The SMILES string of the molecule is C[C@@]12CCC[C@H]1[C@@H]1C(C=O)C=C3C=CCC[C@]3(C)[C@H]1CC2. The molecule has 0 amide bonds. The summed E-state index contributed by atoms with van der Waals surface area (Å²) >= 11 is 0. The van der Waals surface area contributed by atoms with Crippen LogP contribution in [0.2, 0.25) is 0 Å². The highest BCUT2D eigenvalue weighted by atomic mass is 16.1. The number of aldehydes is 1. The molecule has 0 aromatic heterocycles. The molecule has 0 aromatic rings. The molecule has 0 saturated heterocycles. The maximum atomic E-state index is 11.8. The zero-order valence-electron chi connectivity index (χ0n) is 13.5. The number of hydrogen-bond acceptors (Lipinski definition) is 1. The van der Waals surface area contributed by atoms with Gasteiger partial charge in [-0.3, -0.25) is 0 Å². The highest BCUT2D eigenvalue weighted by Crippen LogP contribution is 2.65. The molecule has 0 bridgehead atoms. The third kappa shape index (κ3) is 1.79. The number of carbonyl (C=O) groups is 1. The molecule has 1 heteroatoms. The Kier molecular flexibility index (Phi) is 3.00. The maximum Gasteiger partial charge on any atom is 0.127 e. The first kappa shape index (κ1) is 13.8. The van der Waals surface area contributed by atoms with E-state index in [9.17, 15) is 4.79 Å². The molecular weight excluding hydrogens is 256 g/mol. The third-order valence-electron chi connectivity index (χ3n) is 7.69. The van der Waals surface area contributed by atoms with Crippen molar-refractivity contribution in [3.63, 3.8) is 0 Å². The molecule has 4 rings (SSSR count). The standard InChI is InChI=1S/C20H28O/c1-19-9-5-7-16(19)18-14(13-21)12-15-6-3-4-10-20(15,2)17(18)8-11-19/h3,6,12-14,16-18H,4-5,7-11H2,1-2H3/t14?,16-,17-,18-,19-,20-/m0/s1. The van der Waals surface area contributed by atoms with Crippen LogP contribution in [0.15, 0.2) is 23.8 Å². The van der Waals surface area contributed by atoms with Crippen molar-refractivity contribution >= 4 is 6.29 Å². The van der Waals surface area contributed by atoms with Crippen LogP contribution in [0.1, 0.15) is 58.8 Å². The lowest BCUT2D eigenvalue weighted by Gasteiger charge is -2.57. The summed E-state index contributed by atoms with van der Waals surface area (Å²) in [6, 6.07) is 0. The van der Waals surface area contributed by atoms with Gasteiger partial charge in [-0.15, -0.1) is 0 Å². The Bertz CT molecular complexity index is 516. The van der Waals surface area contributed by atoms with Gasteiger partial charge >= 0.3 is 0 Å². The van der Waals surface area contributed by atoms with E-state index in [1.807, 2.05) is 0 Å². The van der Waals surface area contributed by atoms with Gasteiger partial charge in [0.2, 0.25) is 0 Å². The zero-order valence-corrected chi connectivity index (χ0v) is 13.5. The number of rotatable bonds is 1. The van der Waals surface area contributed by atoms with Crippen LogP contribution in [0, 0.1) is 34.5 Å². The summed E-state index contributed by atoms with van der Waals surface area (Å²) in [5, 5.41) is 0. The fraction of sp³-hybridized carbons (Fsp3) is 0.750. The predicted molar refractivity (Wildman–Crippen MR) is 85.8 cm³/mol. The molecule has 4 aliphatic rings. The molecular formula is C20H28O. The Balaban J connectivity index is 1.81. The fourth-order valence-corrected chi connectivity index (χ4v) is 6.49. The topological polar surface area (TPSA) is 17.1 Å². The molecule has 0 N–H and O–H groups in total. The van der Waals surface area contributed by atoms with E-state index in [-0.39, 0.29) is 5.92 Å². The molecule has 2 saturated carbocycles. The number of carbonyl (C=O) groups excluding carboxylic acids is 1. The van der Waals surface area contributed by atoms with E-state index in [2.05, 4.69) is 32.1 Å². The maximum absolute atomic E-state index is 11.8. The van der Waals surface area contributed by atoms with Crippen LogP contribution in [0.25, 0.3) is 0 Å². The Hall–Kier alpha value is -0.850. The largest absolute Gasteiger partial charge is 0.303 e. The van der Waals surface area contributed by atoms with Crippen molar-refractivity contribution in [1.29, 1.82) is 0 Å². The normalized spacial score (nSPS) is 51.6. The summed E-state index contributed by atoms with van der Waals surface area (Å²) in [4.78, 5) is 11.8. The Morgan fingerprint density at radius 1 is 1.14 bits per heavy atom. The van der Waals surface area contributed by atoms with Crippen molar-refractivity contribution in [3.05, 3.63) is 23.8 Å². The van der Waals surface area contributed by atoms with Crippen LogP contribution in [0.5, 0.6) is 0 Å². The molecule has 0 spiro atoms. The molecule has 0 radical (unpaired) electrons. The summed E-state index contributed by atoms with van der Waals surface area (Å²) in [6.45, 7) is 4.99. The van der Waals surface area contributed by atoms with Crippen molar-refractivity contribution in [2.24, 2.45) is 34.5 Å². The first-order chi connectivity index (χ1) is 10.1. The lowest BCUT2D eigenvalue weighted by molar-refractivity contribution is -0.117. The van der Waals surface area contributed by atoms with Crippen molar-refractivity contribution in [2.75, 3.05) is 0 Å². The Morgan fingerprint density at radius 3 is 2.81 bits per heavy atom. The first-order valence-corrected chi connectivity index (χ1v) is 8.93. The molecule has 2 fully saturated rings. The summed E-state index contributed by atoms with van der Waals surface area (Å²) in [6.07, 6.45) is 17.6. The van der Waals surface area contributed by atoms with Crippen LogP contribution in [-0.4, -0.2) is 6.29 Å². The molecule has 4 aliphatic carbocycles. The van der Waals surface area contributed by atoms with Crippen LogP contribution < -0.4 is 0 Å². The minimum Gasteiger partial charge on any atom is -0.303 e. The Morgan fingerprint density at radius 2 is 2.00 bits per heavy atom. The lowest BCUT2D eigenvalue weighted by Crippen LogP contribution is -2.51. The highest BCUT2D eigenvalue weighted by molar-refractivity contribution is 5.60. The van der Waals surface area contributed by atoms with Gasteiger partial charge in [-0.25, -0.2) is 0 Å². The van der Waals surface area contributed by atoms with Gasteiger partial charge in [-0.2, -0.15) is 0 Å². The Labute approximate surface area is 128 Å². The molecule has 0 aliphatic heterocycles. The molecule has 0 heterocycles. The van der Waals surface area contributed by atoms with E-state index in [4.69, 9.17) is 0 Å². The molecule has 21 heavy (non-hydrogen) atoms. The van der Waals surface area contributed by atoms with Gasteiger partial charge in [0, 0.05) is 5.92 Å². The van der Waals surface area contributed by atoms with Gasteiger partial charge in [0.15, 0.2) is 0 Å². The second-order valence-electron chi connectivity index (χ2n) is 8.57. The van der Waals surface area contributed by atoms with E-state index in [1.54, 1.807) is 0 Å². The molecule has 1 unspecified atom stereocenters. The zero-order chi connectivity index (χ0) is 14.7. The predicted octanol–water partition coefficient (Wildman–Crippen LogP) is 4.93. The summed E-state index contributed by atoms with van der Waals surface area (Å²) < 4.78 is 0. The monoisotopic (exact) mass is 284 g/mol. The van der Waals surface area contributed by atoms with E-state index >= 15 is 0 Å². The van der Waals surface area contributed by atoms with Crippen LogP contribution in [0.4, 0.5) is 0 Å². The van der Waals surface area contributed by atoms with Crippen molar-refractivity contribution in [3.8, 4) is 0 Å². The van der Waals surface area contributed by atoms with E-state index < -0.39 is 0 Å². The number of hydrogen-bond donors (Lipinski definition) is 0. The van der Waals surface area contributed by atoms with Gasteiger partial charge in [-0.05, 0) is 72.7 Å². The van der Waals surface area contributed by atoms with Gasteiger partial charge in [0.25, 0.3) is 0 Å². The lowest BCUT2D eigenvalue weighted by atomic mass is 9.47. The average molecular weight is 284 g/mol. The molecule has 1 nitrogen and oxygen atoms in total. The van der Waals surface area contributed by atoms with Gasteiger partial charge < -0.3 is 4.79 Å². The second kappa shape index (κ2) is 4.57. The third-order valence-corrected chi connectivity index (χ3v) is 7.69. The van der Waals surface area contributed by atoms with Gasteiger partial charge in [-0.1, -0.05) is 38.5 Å². The van der Waals surface area contributed by atoms with Crippen LogP contribution in [0.3, 0.4) is 0 Å². The fourth-order valence-electron chi connectivity index (χ4n) is 6.49. The highest BCUT2D eigenvalue weighted by Gasteiger charge is 2.57. The van der Waals surface area contributed by atoms with Gasteiger partial charge in [0.1, 0.15) is 6.29 Å².